The Morgan fingerprint density at radius 2 is 2.07 bits per heavy atom. The molecule has 5 nitrogen and oxygen atoms in total. The number of hydrogen-bond acceptors (Lipinski definition) is 4. The van der Waals surface area contributed by atoms with E-state index in [1.807, 2.05) is 6.07 Å². The molecule has 3 atom stereocenters. The predicted molar refractivity (Wildman–Crippen MR) is 116 cm³/mol. The van der Waals surface area contributed by atoms with E-state index in [9.17, 15) is 10.2 Å². The summed E-state index contributed by atoms with van der Waals surface area (Å²) >= 11 is 0. The first-order valence-corrected chi connectivity index (χ1v) is 11.7. The molecule has 2 aromatic rings. The fourth-order valence-electron chi connectivity index (χ4n) is 7.06. The van der Waals surface area contributed by atoms with E-state index >= 15 is 0 Å². The van der Waals surface area contributed by atoms with Gasteiger partial charge in [-0.1, -0.05) is 19.9 Å². The van der Waals surface area contributed by atoms with Crippen molar-refractivity contribution in [3.05, 3.63) is 45.8 Å². The molecule has 0 radical (unpaired) electrons. The number of H-pyrrole nitrogens is 1. The van der Waals surface area contributed by atoms with Crippen LogP contribution in [0.3, 0.4) is 0 Å². The SMILES string of the molecule is Cc1[nH]nc2c1C[C@@]1(O)[C@H]3Cc4ccc(O)c(C(C)C)c4[C@@]1(CCN3CC1CC1)C2. The van der Waals surface area contributed by atoms with Crippen molar-refractivity contribution in [3.8, 4) is 5.75 Å². The first-order valence-electron chi connectivity index (χ1n) is 11.7. The molecule has 4 aliphatic rings. The summed E-state index contributed by atoms with van der Waals surface area (Å²) in [7, 11) is 0. The molecule has 1 saturated heterocycles. The van der Waals surface area contributed by atoms with Crippen molar-refractivity contribution in [2.45, 2.75) is 82.3 Å². The average Bonchev–Trinajstić information content (AvgIpc) is 3.45. The predicted octanol–water partition coefficient (Wildman–Crippen LogP) is 3.36. The van der Waals surface area contributed by atoms with Gasteiger partial charge in [0, 0.05) is 42.1 Å². The van der Waals surface area contributed by atoms with Crippen LogP contribution in [0.1, 0.15) is 72.7 Å². The minimum atomic E-state index is -0.827. The average molecular weight is 408 g/mol. The summed E-state index contributed by atoms with van der Waals surface area (Å²) in [4.78, 5) is 2.60. The Morgan fingerprint density at radius 1 is 1.27 bits per heavy atom. The minimum Gasteiger partial charge on any atom is -0.508 e. The maximum atomic E-state index is 12.6. The van der Waals surface area contributed by atoms with Gasteiger partial charge in [0.2, 0.25) is 0 Å². The fourth-order valence-corrected chi connectivity index (χ4v) is 7.06. The highest BCUT2D eigenvalue weighted by atomic mass is 16.3. The zero-order chi connectivity index (χ0) is 20.8. The molecule has 0 spiro atoms. The van der Waals surface area contributed by atoms with Crippen LogP contribution in [-0.4, -0.2) is 50.0 Å². The van der Waals surface area contributed by atoms with E-state index in [2.05, 4.69) is 41.9 Å². The van der Waals surface area contributed by atoms with Crippen LogP contribution in [0.4, 0.5) is 0 Å². The van der Waals surface area contributed by atoms with E-state index in [4.69, 9.17) is 0 Å². The molecule has 3 N–H and O–H groups in total. The summed E-state index contributed by atoms with van der Waals surface area (Å²) in [6.45, 7) is 8.53. The van der Waals surface area contributed by atoms with Crippen LogP contribution in [-0.2, 0) is 24.7 Å². The van der Waals surface area contributed by atoms with Crippen molar-refractivity contribution >= 4 is 0 Å². The Bertz CT molecular complexity index is 1020. The standard InChI is InChI=1S/C25H33N3O2/c1-14(2)22-20(29)7-6-17-10-21-25(30)11-18-15(3)26-27-19(18)12-24(25,23(17)22)8-9-28(21)13-16-4-5-16/h6-7,14,16,21,29-30H,4-5,8-13H2,1-3H3,(H,26,27)/t21-,24-,25-/m1/s1. The molecule has 6 rings (SSSR count). The number of aliphatic hydroxyl groups is 1. The minimum absolute atomic E-state index is 0.131. The largest absolute Gasteiger partial charge is 0.508 e. The smallest absolute Gasteiger partial charge is 0.119 e. The second-order valence-corrected chi connectivity index (χ2v) is 10.7. The number of aromatic nitrogens is 2. The van der Waals surface area contributed by atoms with Crippen LogP contribution in [0.5, 0.6) is 5.75 Å². The third-order valence-electron chi connectivity index (χ3n) is 8.69. The van der Waals surface area contributed by atoms with Gasteiger partial charge < -0.3 is 10.2 Å². The number of aromatic amines is 1. The van der Waals surface area contributed by atoms with E-state index < -0.39 is 5.60 Å². The number of nitrogens with zero attached hydrogens (tertiary/aromatic N) is 2. The van der Waals surface area contributed by atoms with Crippen molar-refractivity contribution in [1.29, 1.82) is 0 Å². The zero-order valence-electron chi connectivity index (χ0n) is 18.3. The van der Waals surface area contributed by atoms with Crippen LogP contribution in [0, 0.1) is 12.8 Å². The molecular formula is C25H33N3O2. The number of phenols is 1. The topological polar surface area (TPSA) is 72.4 Å². The van der Waals surface area contributed by atoms with Crippen molar-refractivity contribution in [1.82, 2.24) is 15.1 Å². The molecule has 2 bridgehead atoms. The Kier molecular flexibility index (Phi) is 3.84. The molecule has 30 heavy (non-hydrogen) atoms. The molecule has 0 unspecified atom stereocenters. The van der Waals surface area contributed by atoms with Gasteiger partial charge in [0.25, 0.3) is 0 Å². The maximum Gasteiger partial charge on any atom is 0.119 e. The monoisotopic (exact) mass is 407 g/mol. The summed E-state index contributed by atoms with van der Waals surface area (Å²) in [5, 5.41) is 31.3. The highest BCUT2D eigenvalue weighted by molar-refractivity contribution is 5.57. The van der Waals surface area contributed by atoms with Crippen LogP contribution in [0.25, 0.3) is 0 Å². The summed E-state index contributed by atoms with van der Waals surface area (Å²) < 4.78 is 0. The highest BCUT2D eigenvalue weighted by Crippen LogP contribution is 2.59. The van der Waals surface area contributed by atoms with Crippen LogP contribution < -0.4 is 0 Å². The molecule has 1 saturated carbocycles. The molecule has 1 aromatic carbocycles. The van der Waals surface area contributed by atoms with Crippen molar-refractivity contribution in [2.24, 2.45) is 5.92 Å². The lowest BCUT2D eigenvalue weighted by molar-refractivity contribution is -0.152. The Hall–Kier alpha value is -1.85. The number of piperidine rings is 1. The quantitative estimate of drug-likeness (QED) is 0.730. The van der Waals surface area contributed by atoms with Crippen molar-refractivity contribution in [3.63, 3.8) is 0 Å². The Morgan fingerprint density at radius 3 is 2.80 bits per heavy atom. The van der Waals surface area contributed by atoms with E-state index in [1.54, 1.807) is 0 Å². The molecular weight excluding hydrogens is 374 g/mol. The molecule has 2 fully saturated rings. The Labute approximate surface area is 178 Å². The van der Waals surface area contributed by atoms with E-state index in [1.165, 1.54) is 29.5 Å². The van der Waals surface area contributed by atoms with Crippen LogP contribution >= 0.6 is 0 Å². The van der Waals surface area contributed by atoms with E-state index in [0.29, 0.717) is 12.2 Å². The van der Waals surface area contributed by atoms with Gasteiger partial charge in [0.05, 0.1) is 11.3 Å². The van der Waals surface area contributed by atoms with Crippen LogP contribution in [0.15, 0.2) is 12.1 Å². The number of likely N-dealkylation sites (tertiary alicyclic amines) is 1. The number of rotatable bonds is 3. The summed E-state index contributed by atoms with van der Waals surface area (Å²) in [6, 6.07) is 4.13. The maximum absolute atomic E-state index is 12.6. The Balaban J connectivity index is 1.60. The number of aryl methyl sites for hydroxylation is 1. The van der Waals surface area contributed by atoms with Gasteiger partial charge in [-0.25, -0.2) is 0 Å². The third-order valence-corrected chi connectivity index (χ3v) is 8.69. The highest BCUT2D eigenvalue weighted by Gasteiger charge is 2.65. The van der Waals surface area contributed by atoms with E-state index in [-0.39, 0.29) is 17.4 Å². The number of benzene rings is 1. The van der Waals surface area contributed by atoms with Crippen LogP contribution in [0.2, 0.25) is 0 Å². The van der Waals surface area contributed by atoms with Gasteiger partial charge in [0.1, 0.15) is 5.75 Å². The number of phenolic OH excluding ortho intramolecular Hbond substituents is 1. The number of aromatic hydroxyl groups is 1. The lowest BCUT2D eigenvalue weighted by atomic mass is 9.48. The van der Waals surface area contributed by atoms with Crippen molar-refractivity contribution in [2.75, 3.05) is 13.1 Å². The first-order chi connectivity index (χ1) is 14.3. The summed E-state index contributed by atoms with van der Waals surface area (Å²) in [6.07, 6.45) is 5.87. The van der Waals surface area contributed by atoms with Gasteiger partial charge in [-0.3, -0.25) is 10.00 Å². The summed E-state index contributed by atoms with van der Waals surface area (Å²) in [5.41, 5.74) is 5.79. The van der Waals surface area contributed by atoms with Gasteiger partial charge in [-0.05, 0) is 73.7 Å². The summed E-state index contributed by atoms with van der Waals surface area (Å²) in [5.74, 6) is 1.40. The van der Waals surface area contributed by atoms with Gasteiger partial charge in [0.15, 0.2) is 0 Å². The van der Waals surface area contributed by atoms with E-state index in [0.717, 1.165) is 55.2 Å². The number of nitrogens with one attached hydrogen (secondary N) is 1. The molecule has 1 aromatic heterocycles. The molecule has 160 valence electrons. The van der Waals surface area contributed by atoms with Gasteiger partial charge in [-0.2, -0.15) is 5.10 Å². The van der Waals surface area contributed by atoms with Gasteiger partial charge in [-0.15, -0.1) is 0 Å². The molecule has 2 heterocycles. The lowest BCUT2D eigenvalue weighted by Gasteiger charge is -2.64. The third kappa shape index (κ3) is 2.34. The second-order valence-electron chi connectivity index (χ2n) is 10.7. The molecule has 5 heteroatoms. The molecule has 0 amide bonds. The van der Waals surface area contributed by atoms with Crippen molar-refractivity contribution < 1.29 is 10.2 Å². The fraction of sp³-hybridized carbons (Fsp3) is 0.640. The molecule has 1 aliphatic heterocycles. The normalized spacial score (nSPS) is 32.6. The molecule has 3 aliphatic carbocycles. The first kappa shape index (κ1) is 18.9. The number of hydrogen-bond donors (Lipinski definition) is 3. The van der Waals surface area contributed by atoms with Gasteiger partial charge >= 0.3 is 0 Å². The number of fused-ring (bicyclic) bond motifs is 2. The second kappa shape index (κ2) is 6.10. The lowest BCUT2D eigenvalue weighted by Crippen LogP contribution is -2.74. The zero-order valence-corrected chi connectivity index (χ0v) is 18.3.